The lowest BCUT2D eigenvalue weighted by molar-refractivity contribution is -0.153. The van der Waals surface area contributed by atoms with Crippen molar-refractivity contribution in [1.29, 1.82) is 0 Å². The highest BCUT2D eigenvalue weighted by atomic mass is 19.4. The average molecular weight is 586 g/mol. The Labute approximate surface area is 236 Å². The van der Waals surface area contributed by atoms with Crippen LogP contribution in [0.1, 0.15) is 41.8 Å². The summed E-state index contributed by atoms with van der Waals surface area (Å²) in [5.74, 6) is -1.36. The number of carbonyl (C=O) groups is 2. The van der Waals surface area contributed by atoms with Gasteiger partial charge in [-0.2, -0.15) is 13.2 Å². The van der Waals surface area contributed by atoms with Crippen LogP contribution in [0.15, 0.2) is 36.4 Å². The minimum absolute atomic E-state index is 0.0445. The van der Waals surface area contributed by atoms with E-state index in [1.165, 1.54) is 13.0 Å². The zero-order valence-corrected chi connectivity index (χ0v) is 23.1. The van der Waals surface area contributed by atoms with E-state index in [4.69, 9.17) is 30.5 Å². The van der Waals surface area contributed by atoms with Crippen molar-refractivity contribution in [3.05, 3.63) is 53.1 Å². The van der Waals surface area contributed by atoms with Crippen molar-refractivity contribution >= 4 is 17.6 Å². The summed E-state index contributed by atoms with van der Waals surface area (Å²) in [6, 6.07) is 10.2. The maximum absolute atomic E-state index is 12.4. The first kappa shape index (κ1) is 33.7. The molecule has 0 saturated heterocycles. The summed E-state index contributed by atoms with van der Waals surface area (Å²) in [5, 5.41) is 28.2. The first-order valence-electron chi connectivity index (χ1n) is 13.2. The fourth-order valence-electron chi connectivity index (χ4n) is 4.22. The Kier molecular flexibility index (Phi) is 13.2. The predicted molar refractivity (Wildman–Crippen MR) is 147 cm³/mol. The molecule has 2 aromatic rings. The van der Waals surface area contributed by atoms with Crippen LogP contribution in [0.5, 0.6) is 11.5 Å². The summed E-state index contributed by atoms with van der Waals surface area (Å²) in [7, 11) is 0. The SMILES string of the molecule is CC(O)C(=O)O.C[C@H](Cc1cc2c(c(C(N)=O)c1)N(CCCO)CC2)NCCOc1ccccc1OCC(F)(F)F. The van der Waals surface area contributed by atoms with Gasteiger partial charge in [0.05, 0.1) is 11.3 Å². The number of carboxylic acids is 1. The Morgan fingerprint density at radius 1 is 1.15 bits per heavy atom. The number of benzene rings is 2. The number of carboxylic acid groups (broad SMARTS) is 1. The van der Waals surface area contributed by atoms with Crippen molar-refractivity contribution in [3.8, 4) is 11.5 Å². The number of alkyl halides is 3. The van der Waals surface area contributed by atoms with Crippen molar-refractivity contribution < 1.29 is 47.6 Å². The number of nitrogens with one attached hydrogen (secondary N) is 1. The number of halogens is 3. The number of amides is 1. The van der Waals surface area contributed by atoms with Crippen LogP contribution in [0.4, 0.5) is 18.9 Å². The number of para-hydroxylation sites is 2. The molecule has 13 heteroatoms. The summed E-state index contributed by atoms with van der Waals surface area (Å²) >= 11 is 0. The lowest BCUT2D eigenvalue weighted by atomic mass is 9.98. The monoisotopic (exact) mass is 585 g/mol. The van der Waals surface area contributed by atoms with Crippen molar-refractivity contribution in [2.45, 2.75) is 51.4 Å². The average Bonchev–Trinajstić information content (AvgIpc) is 3.31. The van der Waals surface area contributed by atoms with E-state index >= 15 is 0 Å². The number of carbonyl (C=O) groups excluding carboxylic acids is 1. The minimum Gasteiger partial charge on any atom is -0.488 e. The van der Waals surface area contributed by atoms with Crippen molar-refractivity contribution in [3.63, 3.8) is 0 Å². The van der Waals surface area contributed by atoms with Crippen LogP contribution in [-0.2, 0) is 17.6 Å². The van der Waals surface area contributed by atoms with E-state index in [2.05, 4.69) is 16.3 Å². The summed E-state index contributed by atoms with van der Waals surface area (Å²) in [6.07, 6.45) is -3.55. The highest BCUT2D eigenvalue weighted by molar-refractivity contribution is 6.00. The Balaban J connectivity index is 0.000000883. The first-order valence-corrected chi connectivity index (χ1v) is 13.2. The van der Waals surface area contributed by atoms with Gasteiger partial charge in [0, 0.05) is 32.3 Å². The Hall–Kier alpha value is -3.55. The van der Waals surface area contributed by atoms with E-state index in [0.717, 1.165) is 29.8 Å². The molecule has 0 saturated carbocycles. The fraction of sp³-hybridized carbons (Fsp3) is 0.500. The molecule has 0 fully saturated rings. The van der Waals surface area contributed by atoms with Crippen molar-refractivity contribution in [2.24, 2.45) is 5.73 Å². The van der Waals surface area contributed by atoms with Gasteiger partial charge in [0.1, 0.15) is 12.7 Å². The molecule has 2 atom stereocenters. The molecule has 1 aliphatic heterocycles. The molecule has 1 aliphatic rings. The third-order valence-electron chi connectivity index (χ3n) is 6.06. The van der Waals surface area contributed by atoms with Crippen molar-refractivity contribution in [1.82, 2.24) is 5.32 Å². The number of aliphatic carboxylic acids is 1. The zero-order chi connectivity index (χ0) is 30.6. The number of nitrogens with zero attached hydrogens (tertiary/aromatic N) is 1. The molecule has 228 valence electrons. The number of anilines is 1. The lowest BCUT2D eigenvalue weighted by Crippen LogP contribution is -2.32. The van der Waals surface area contributed by atoms with Gasteiger partial charge in [0.2, 0.25) is 0 Å². The van der Waals surface area contributed by atoms with E-state index in [0.29, 0.717) is 31.5 Å². The molecule has 10 nitrogen and oxygen atoms in total. The topological polar surface area (TPSA) is 155 Å². The van der Waals surface area contributed by atoms with E-state index in [-0.39, 0.29) is 30.8 Å². The second kappa shape index (κ2) is 16.0. The highest BCUT2D eigenvalue weighted by Crippen LogP contribution is 2.33. The molecule has 1 amide bonds. The largest absolute Gasteiger partial charge is 0.488 e. The fourth-order valence-corrected chi connectivity index (χ4v) is 4.22. The van der Waals surface area contributed by atoms with Gasteiger partial charge < -0.3 is 40.7 Å². The zero-order valence-electron chi connectivity index (χ0n) is 23.1. The smallest absolute Gasteiger partial charge is 0.422 e. The minimum atomic E-state index is -4.42. The number of hydrogen-bond donors (Lipinski definition) is 5. The normalized spacial score (nSPS) is 14.0. The molecule has 3 rings (SSSR count). The van der Waals surface area contributed by atoms with Crippen LogP contribution >= 0.6 is 0 Å². The van der Waals surface area contributed by atoms with Crippen LogP contribution in [-0.4, -0.2) is 85.0 Å². The molecule has 2 aromatic carbocycles. The summed E-state index contributed by atoms with van der Waals surface area (Å²) in [5.41, 5.74) is 9.12. The summed E-state index contributed by atoms with van der Waals surface area (Å²) in [6.45, 7) is 4.09. The van der Waals surface area contributed by atoms with Crippen LogP contribution in [0.25, 0.3) is 0 Å². The first-order chi connectivity index (χ1) is 19.3. The standard InChI is InChI=1S/C25H32F3N3O4.C3H6O3/c1-17(30-8-12-34-21-5-2-3-6-22(21)35-16-25(26,27)28)13-18-14-19-7-10-31(9-4-11-32)23(19)20(15-18)24(29)33;1-2(4)3(5)6/h2-3,5-6,14-15,17,30,32H,4,7-13,16H2,1H3,(H2,29,33);2,4H,1H3,(H,5,6)/t17-;/m1./s1. The van der Waals surface area contributed by atoms with Gasteiger partial charge in [-0.1, -0.05) is 18.2 Å². The van der Waals surface area contributed by atoms with E-state index in [1.807, 2.05) is 13.0 Å². The van der Waals surface area contributed by atoms with Gasteiger partial charge in [-0.25, -0.2) is 4.79 Å². The number of ether oxygens (including phenoxy) is 2. The molecule has 1 heterocycles. The number of primary amides is 1. The number of fused-ring (bicyclic) bond motifs is 1. The van der Waals surface area contributed by atoms with Gasteiger partial charge in [0.25, 0.3) is 5.91 Å². The summed E-state index contributed by atoms with van der Waals surface area (Å²) < 4.78 is 47.8. The van der Waals surface area contributed by atoms with Gasteiger partial charge in [-0.05, 0) is 62.4 Å². The molecule has 0 spiro atoms. The van der Waals surface area contributed by atoms with Crippen molar-refractivity contribution in [2.75, 3.05) is 44.4 Å². The van der Waals surface area contributed by atoms with E-state index in [9.17, 15) is 22.8 Å². The number of aliphatic hydroxyl groups is 2. The number of nitrogens with two attached hydrogens (primary N) is 1. The molecule has 6 N–H and O–H groups in total. The van der Waals surface area contributed by atoms with Gasteiger partial charge in [-0.15, -0.1) is 0 Å². The molecular formula is C28H38F3N3O7. The highest BCUT2D eigenvalue weighted by Gasteiger charge is 2.29. The quantitative estimate of drug-likeness (QED) is 0.210. The van der Waals surface area contributed by atoms with E-state index < -0.39 is 30.8 Å². The molecule has 0 radical (unpaired) electrons. The summed E-state index contributed by atoms with van der Waals surface area (Å²) in [4.78, 5) is 23.7. The third kappa shape index (κ3) is 11.5. The van der Waals surface area contributed by atoms with Crippen LogP contribution in [0.3, 0.4) is 0 Å². The van der Waals surface area contributed by atoms with Gasteiger partial charge in [0.15, 0.2) is 18.1 Å². The molecule has 0 aromatic heterocycles. The van der Waals surface area contributed by atoms with Crippen LogP contribution < -0.4 is 25.4 Å². The molecular weight excluding hydrogens is 547 g/mol. The van der Waals surface area contributed by atoms with Gasteiger partial charge >= 0.3 is 12.1 Å². The molecule has 1 unspecified atom stereocenters. The number of rotatable bonds is 14. The van der Waals surface area contributed by atoms with Crippen LogP contribution in [0, 0.1) is 0 Å². The molecule has 41 heavy (non-hydrogen) atoms. The Morgan fingerprint density at radius 3 is 2.34 bits per heavy atom. The number of hydrogen-bond acceptors (Lipinski definition) is 8. The maximum atomic E-state index is 12.4. The third-order valence-corrected chi connectivity index (χ3v) is 6.06. The maximum Gasteiger partial charge on any atom is 0.422 e. The van der Waals surface area contributed by atoms with Gasteiger partial charge in [-0.3, -0.25) is 4.79 Å². The second-order valence-electron chi connectivity index (χ2n) is 9.60. The molecule has 0 aliphatic carbocycles. The number of aliphatic hydroxyl groups excluding tert-OH is 2. The van der Waals surface area contributed by atoms with Crippen LogP contribution in [0.2, 0.25) is 0 Å². The second-order valence-corrected chi connectivity index (χ2v) is 9.60. The van der Waals surface area contributed by atoms with E-state index in [1.54, 1.807) is 18.2 Å². The lowest BCUT2D eigenvalue weighted by Gasteiger charge is -2.22. The Bertz CT molecular complexity index is 1150. The molecule has 0 bridgehead atoms. The Morgan fingerprint density at radius 2 is 1.78 bits per heavy atom. The predicted octanol–water partition coefficient (Wildman–Crippen LogP) is 2.52.